The van der Waals surface area contributed by atoms with Crippen LogP contribution in [0.3, 0.4) is 0 Å². The van der Waals surface area contributed by atoms with Crippen molar-refractivity contribution >= 4 is 23.2 Å². The first-order chi connectivity index (χ1) is 13.5. The second-order valence-corrected chi connectivity index (χ2v) is 6.49. The van der Waals surface area contributed by atoms with Crippen LogP contribution >= 0.6 is 0 Å². The number of rotatable bonds is 5. The smallest absolute Gasteiger partial charge is 0.255 e. The van der Waals surface area contributed by atoms with Gasteiger partial charge < -0.3 is 15.4 Å². The van der Waals surface area contributed by atoms with Gasteiger partial charge >= 0.3 is 0 Å². The lowest BCUT2D eigenvalue weighted by molar-refractivity contribution is 0.102. The SMILES string of the molecule is COc1cccc(NC(=O)c2cccc(C(=O)Nc3c(C)cccc3C)c2)c1. The molecule has 0 bridgehead atoms. The van der Waals surface area contributed by atoms with E-state index in [1.54, 1.807) is 55.6 Å². The molecule has 0 saturated carbocycles. The van der Waals surface area contributed by atoms with Gasteiger partial charge in [0.25, 0.3) is 11.8 Å². The molecule has 0 aliphatic rings. The molecule has 2 N–H and O–H groups in total. The van der Waals surface area contributed by atoms with Crippen molar-refractivity contribution in [2.75, 3.05) is 17.7 Å². The third kappa shape index (κ3) is 4.38. The van der Waals surface area contributed by atoms with E-state index >= 15 is 0 Å². The zero-order valence-corrected chi connectivity index (χ0v) is 16.1. The molecule has 0 aliphatic heterocycles. The first-order valence-corrected chi connectivity index (χ1v) is 8.91. The van der Waals surface area contributed by atoms with Crippen LogP contribution in [-0.2, 0) is 0 Å². The van der Waals surface area contributed by atoms with Gasteiger partial charge in [-0.25, -0.2) is 0 Å². The van der Waals surface area contributed by atoms with E-state index < -0.39 is 0 Å². The van der Waals surface area contributed by atoms with Crippen LogP contribution in [-0.4, -0.2) is 18.9 Å². The van der Waals surface area contributed by atoms with Gasteiger partial charge in [0, 0.05) is 28.6 Å². The van der Waals surface area contributed by atoms with Crippen LogP contribution in [0.2, 0.25) is 0 Å². The first-order valence-electron chi connectivity index (χ1n) is 8.91. The van der Waals surface area contributed by atoms with Gasteiger partial charge in [0.2, 0.25) is 0 Å². The van der Waals surface area contributed by atoms with Crippen LogP contribution in [0.15, 0.2) is 66.7 Å². The minimum absolute atomic E-state index is 0.256. The molecule has 0 saturated heterocycles. The predicted molar refractivity (Wildman–Crippen MR) is 111 cm³/mol. The highest BCUT2D eigenvalue weighted by atomic mass is 16.5. The van der Waals surface area contributed by atoms with Gasteiger partial charge in [-0.1, -0.05) is 30.3 Å². The molecule has 3 rings (SSSR count). The summed E-state index contributed by atoms with van der Waals surface area (Å²) in [5, 5.41) is 5.75. The van der Waals surface area contributed by atoms with Crippen molar-refractivity contribution in [1.82, 2.24) is 0 Å². The fraction of sp³-hybridized carbons (Fsp3) is 0.130. The van der Waals surface area contributed by atoms with Crippen molar-refractivity contribution in [3.05, 3.63) is 89.0 Å². The number of carbonyl (C=O) groups excluding carboxylic acids is 2. The normalized spacial score (nSPS) is 10.2. The molecule has 0 unspecified atom stereocenters. The van der Waals surface area contributed by atoms with E-state index in [0.29, 0.717) is 22.6 Å². The standard InChI is InChI=1S/C23H22N2O3/c1-15-7-4-8-16(2)21(15)25-23(27)18-10-5-9-17(13-18)22(26)24-19-11-6-12-20(14-19)28-3/h4-14H,1-3H3,(H,24,26)(H,25,27). The second kappa shape index (κ2) is 8.39. The summed E-state index contributed by atoms with van der Waals surface area (Å²) in [4.78, 5) is 25.2. The predicted octanol–water partition coefficient (Wildman–Crippen LogP) is 4.82. The number of para-hydroxylation sites is 1. The van der Waals surface area contributed by atoms with Crippen molar-refractivity contribution in [3.63, 3.8) is 0 Å². The summed E-state index contributed by atoms with van der Waals surface area (Å²) >= 11 is 0. The van der Waals surface area contributed by atoms with Gasteiger partial charge in [-0.2, -0.15) is 0 Å². The summed E-state index contributed by atoms with van der Waals surface area (Å²) in [6, 6.07) is 19.6. The van der Waals surface area contributed by atoms with E-state index in [1.807, 2.05) is 32.0 Å². The van der Waals surface area contributed by atoms with E-state index in [2.05, 4.69) is 10.6 Å². The zero-order chi connectivity index (χ0) is 20.1. The van der Waals surface area contributed by atoms with Crippen LogP contribution in [0, 0.1) is 13.8 Å². The molecule has 0 atom stereocenters. The highest BCUT2D eigenvalue weighted by Gasteiger charge is 2.13. The number of benzene rings is 3. The van der Waals surface area contributed by atoms with Gasteiger partial charge in [-0.15, -0.1) is 0 Å². The minimum atomic E-state index is -0.296. The number of carbonyl (C=O) groups is 2. The maximum absolute atomic E-state index is 12.7. The molecule has 2 amide bonds. The molecular formula is C23H22N2O3. The second-order valence-electron chi connectivity index (χ2n) is 6.49. The summed E-state index contributed by atoms with van der Waals surface area (Å²) in [5.74, 6) is 0.0999. The summed E-state index contributed by atoms with van der Waals surface area (Å²) in [7, 11) is 1.57. The number of hydrogen-bond donors (Lipinski definition) is 2. The lowest BCUT2D eigenvalue weighted by Gasteiger charge is -2.12. The van der Waals surface area contributed by atoms with Gasteiger partial charge in [-0.3, -0.25) is 9.59 Å². The molecular weight excluding hydrogens is 352 g/mol. The van der Waals surface area contributed by atoms with Gasteiger partial charge in [0.05, 0.1) is 7.11 Å². The van der Waals surface area contributed by atoms with E-state index in [-0.39, 0.29) is 11.8 Å². The van der Waals surface area contributed by atoms with E-state index in [0.717, 1.165) is 16.8 Å². The van der Waals surface area contributed by atoms with Crippen molar-refractivity contribution in [1.29, 1.82) is 0 Å². The number of nitrogens with one attached hydrogen (secondary N) is 2. The Balaban J connectivity index is 1.77. The van der Waals surface area contributed by atoms with E-state index in [4.69, 9.17) is 4.74 Å². The number of aryl methyl sites for hydroxylation is 2. The molecule has 0 aromatic heterocycles. The molecule has 5 heteroatoms. The zero-order valence-electron chi connectivity index (χ0n) is 16.1. The molecule has 3 aromatic carbocycles. The third-order valence-electron chi connectivity index (χ3n) is 4.43. The number of ether oxygens (including phenoxy) is 1. The molecule has 0 radical (unpaired) electrons. The number of amides is 2. The Labute approximate surface area is 164 Å². The summed E-state index contributed by atoms with van der Waals surface area (Å²) in [5.41, 5.74) is 4.20. The fourth-order valence-corrected chi connectivity index (χ4v) is 2.90. The quantitative estimate of drug-likeness (QED) is 0.673. The molecule has 0 heterocycles. The van der Waals surface area contributed by atoms with Crippen molar-refractivity contribution < 1.29 is 14.3 Å². The molecule has 28 heavy (non-hydrogen) atoms. The van der Waals surface area contributed by atoms with Gasteiger partial charge in [0.1, 0.15) is 5.75 Å². The molecule has 3 aromatic rings. The number of anilines is 2. The lowest BCUT2D eigenvalue weighted by Crippen LogP contribution is -2.16. The Kier molecular flexibility index (Phi) is 5.75. The van der Waals surface area contributed by atoms with Gasteiger partial charge in [-0.05, 0) is 55.3 Å². The molecule has 0 fully saturated rings. The average Bonchev–Trinajstić information content (AvgIpc) is 2.71. The summed E-state index contributed by atoms with van der Waals surface area (Å²) in [6.45, 7) is 3.89. The van der Waals surface area contributed by atoms with Gasteiger partial charge in [0.15, 0.2) is 0 Å². The average molecular weight is 374 g/mol. The maximum atomic E-state index is 12.7. The molecule has 5 nitrogen and oxygen atoms in total. The van der Waals surface area contributed by atoms with Crippen LogP contribution < -0.4 is 15.4 Å². The van der Waals surface area contributed by atoms with E-state index in [1.165, 1.54) is 0 Å². The first kappa shape index (κ1) is 19.2. The number of methoxy groups -OCH3 is 1. The topological polar surface area (TPSA) is 67.4 Å². The Morgan fingerprint density at radius 2 is 1.32 bits per heavy atom. The minimum Gasteiger partial charge on any atom is -0.497 e. The highest BCUT2D eigenvalue weighted by Crippen LogP contribution is 2.21. The third-order valence-corrected chi connectivity index (χ3v) is 4.43. The summed E-state index contributed by atoms with van der Waals surface area (Å²) < 4.78 is 5.16. The van der Waals surface area contributed by atoms with Crippen molar-refractivity contribution in [2.45, 2.75) is 13.8 Å². The lowest BCUT2D eigenvalue weighted by atomic mass is 10.1. The van der Waals surface area contributed by atoms with E-state index in [9.17, 15) is 9.59 Å². The Bertz CT molecular complexity index is 1010. The van der Waals surface area contributed by atoms with Crippen molar-refractivity contribution in [3.8, 4) is 5.75 Å². The Hall–Kier alpha value is -3.60. The highest BCUT2D eigenvalue weighted by molar-refractivity contribution is 6.09. The largest absolute Gasteiger partial charge is 0.497 e. The number of hydrogen-bond acceptors (Lipinski definition) is 3. The van der Waals surface area contributed by atoms with Crippen LogP contribution in [0.5, 0.6) is 5.75 Å². The summed E-state index contributed by atoms with van der Waals surface area (Å²) in [6.07, 6.45) is 0. The maximum Gasteiger partial charge on any atom is 0.255 e. The van der Waals surface area contributed by atoms with Crippen molar-refractivity contribution in [2.24, 2.45) is 0 Å². The van der Waals surface area contributed by atoms with Crippen LogP contribution in [0.4, 0.5) is 11.4 Å². The fourth-order valence-electron chi connectivity index (χ4n) is 2.90. The molecule has 142 valence electrons. The molecule has 0 spiro atoms. The Morgan fingerprint density at radius 3 is 1.96 bits per heavy atom. The van der Waals surface area contributed by atoms with Crippen LogP contribution in [0.1, 0.15) is 31.8 Å². The molecule has 0 aliphatic carbocycles. The Morgan fingerprint density at radius 1 is 0.750 bits per heavy atom. The monoisotopic (exact) mass is 374 g/mol. The van der Waals surface area contributed by atoms with Crippen LogP contribution in [0.25, 0.3) is 0 Å².